The second-order valence-electron chi connectivity index (χ2n) is 5.38. The van der Waals surface area contributed by atoms with Crippen LogP contribution in [0.5, 0.6) is 0 Å². The fraction of sp³-hybridized carbons (Fsp3) is 1.00. The molecule has 0 saturated heterocycles. The molecule has 0 bridgehead atoms. The Morgan fingerprint density at radius 1 is 1.05 bits per heavy atom. The van der Waals surface area contributed by atoms with Gasteiger partial charge in [-0.05, 0) is 38.8 Å². The lowest BCUT2D eigenvalue weighted by Gasteiger charge is -2.46. The highest BCUT2D eigenvalue weighted by molar-refractivity contribution is 7.91. The second-order valence-corrected chi connectivity index (χ2v) is 7.85. The first kappa shape index (κ1) is 19.9. The molecule has 0 rings (SSSR count). The standard InChI is InChI=1S/C15H33NO3S/c1-6-15(7-2,16(8-3)9-4)14(17)12-11-13-20(18,19)10-5/h14,17H,6-13H2,1-5H3. The molecule has 1 atom stereocenters. The van der Waals surface area contributed by atoms with Crippen LogP contribution in [0.2, 0.25) is 0 Å². The molecular weight excluding hydrogens is 274 g/mol. The zero-order valence-electron chi connectivity index (χ0n) is 13.9. The highest BCUT2D eigenvalue weighted by Crippen LogP contribution is 2.30. The lowest BCUT2D eigenvalue weighted by atomic mass is 9.82. The van der Waals surface area contributed by atoms with Crippen molar-refractivity contribution < 1.29 is 13.5 Å². The molecule has 0 aliphatic heterocycles. The van der Waals surface area contributed by atoms with Crippen LogP contribution in [0.4, 0.5) is 0 Å². The van der Waals surface area contributed by atoms with Crippen LogP contribution in [0, 0.1) is 0 Å². The molecule has 1 N–H and O–H groups in total. The Labute approximate surface area is 125 Å². The van der Waals surface area contributed by atoms with Crippen molar-refractivity contribution in [3.05, 3.63) is 0 Å². The molecular formula is C15H33NO3S. The van der Waals surface area contributed by atoms with Crippen LogP contribution in [0.3, 0.4) is 0 Å². The van der Waals surface area contributed by atoms with Crippen molar-refractivity contribution in [2.75, 3.05) is 24.6 Å². The van der Waals surface area contributed by atoms with Crippen LogP contribution in [0.1, 0.15) is 60.3 Å². The Morgan fingerprint density at radius 2 is 1.55 bits per heavy atom. The van der Waals surface area contributed by atoms with Crippen LogP contribution in [0.25, 0.3) is 0 Å². The third kappa shape index (κ3) is 5.01. The van der Waals surface area contributed by atoms with E-state index < -0.39 is 15.9 Å². The van der Waals surface area contributed by atoms with Gasteiger partial charge in [-0.1, -0.05) is 34.6 Å². The van der Waals surface area contributed by atoms with Gasteiger partial charge in [-0.25, -0.2) is 8.42 Å². The first-order valence-electron chi connectivity index (χ1n) is 7.96. The monoisotopic (exact) mass is 307 g/mol. The van der Waals surface area contributed by atoms with Crippen LogP contribution in [-0.4, -0.2) is 54.7 Å². The van der Waals surface area contributed by atoms with E-state index in [-0.39, 0.29) is 17.0 Å². The number of hydrogen-bond donors (Lipinski definition) is 1. The van der Waals surface area contributed by atoms with Crippen molar-refractivity contribution in [1.82, 2.24) is 4.90 Å². The van der Waals surface area contributed by atoms with E-state index in [1.165, 1.54) is 0 Å². The molecule has 122 valence electrons. The van der Waals surface area contributed by atoms with Crippen LogP contribution >= 0.6 is 0 Å². The van der Waals surface area contributed by atoms with Gasteiger partial charge in [0.2, 0.25) is 0 Å². The highest BCUT2D eigenvalue weighted by Gasteiger charge is 2.38. The lowest BCUT2D eigenvalue weighted by Crippen LogP contribution is -2.56. The van der Waals surface area contributed by atoms with Gasteiger partial charge in [-0.15, -0.1) is 0 Å². The molecule has 0 fully saturated rings. The normalized spacial score (nSPS) is 14.8. The Hall–Kier alpha value is -0.130. The van der Waals surface area contributed by atoms with Gasteiger partial charge in [-0.2, -0.15) is 0 Å². The molecule has 0 radical (unpaired) electrons. The minimum absolute atomic E-state index is 0.183. The molecule has 0 aromatic rings. The van der Waals surface area contributed by atoms with E-state index in [4.69, 9.17) is 0 Å². The van der Waals surface area contributed by atoms with Gasteiger partial charge in [0.1, 0.15) is 9.84 Å². The Kier molecular flexibility index (Phi) is 8.95. The number of nitrogens with zero attached hydrogens (tertiary/aromatic N) is 1. The maximum absolute atomic E-state index is 11.5. The van der Waals surface area contributed by atoms with Gasteiger partial charge in [0.05, 0.1) is 11.9 Å². The summed E-state index contributed by atoms with van der Waals surface area (Å²) in [6.45, 7) is 11.9. The van der Waals surface area contributed by atoms with E-state index in [9.17, 15) is 13.5 Å². The van der Waals surface area contributed by atoms with Crippen LogP contribution in [0.15, 0.2) is 0 Å². The number of sulfone groups is 1. The predicted octanol–water partition coefficient (Wildman–Crippen LogP) is 2.46. The molecule has 20 heavy (non-hydrogen) atoms. The quantitative estimate of drug-likeness (QED) is 0.637. The topological polar surface area (TPSA) is 57.6 Å². The summed E-state index contributed by atoms with van der Waals surface area (Å²) in [6.07, 6.45) is 2.39. The molecule has 0 aliphatic carbocycles. The van der Waals surface area contributed by atoms with Gasteiger partial charge >= 0.3 is 0 Å². The maximum Gasteiger partial charge on any atom is 0.150 e. The average molecular weight is 308 g/mol. The number of aliphatic hydroxyl groups is 1. The summed E-state index contributed by atoms with van der Waals surface area (Å²) in [6, 6.07) is 0. The molecule has 1 unspecified atom stereocenters. The van der Waals surface area contributed by atoms with Crippen molar-refractivity contribution in [2.24, 2.45) is 0 Å². The second kappa shape index (κ2) is 9.00. The summed E-state index contributed by atoms with van der Waals surface area (Å²) in [7, 11) is -2.93. The van der Waals surface area contributed by atoms with E-state index in [2.05, 4.69) is 32.6 Å². The predicted molar refractivity (Wildman–Crippen MR) is 85.8 cm³/mol. The third-order valence-corrected chi connectivity index (χ3v) is 6.40. The number of likely N-dealkylation sites (N-methyl/N-ethyl adjacent to an activating group) is 1. The summed E-state index contributed by atoms with van der Waals surface area (Å²) in [5.74, 6) is 0.369. The Balaban J connectivity index is 4.77. The van der Waals surface area contributed by atoms with Crippen molar-refractivity contribution in [1.29, 1.82) is 0 Å². The Morgan fingerprint density at radius 3 is 1.90 bits per heavy atom. The zero-order chi connectivity index (χ0) is 15.8. The summed E-state index contributed by atoms with van der Waals surface area (Å²) < 4.78 is 23.0. The average Bonchev–Trinajstić information content (AvgIpc) is 2.44. The van der Waals surface area contributed by atoms with E-state index in [0.717, 1.165) is 25.9 Å². The van der Waals surface area contributed by atoms with Gasteiger partial charge in [-0.3, -0.25) is 4.90 Å². The summed E-state index contributed by atoms with van der Waals surface area (Å²) >= 11 is 0. The molecule has 0 heterocycles. The smallest absolute Gasteiger partial charge is 0.150 e. The molecule has 0 saturated carbocycles. The van der Waals surface area contributed by atoms with E-state index in [1.807, 2.05) is 0 Å². The van der Waals surface area contributed by atoms with Crippen molar-refractivity contribution >= 4 is 9.84 Å². The highest BCUT2D eigenvalue weighted by atomic mass is 32.2. The molecule has 5 heteroatoms. The SMILES string of the molecule is CCN(CC)C(CC)(CC)C(O)CCCS(=O)(=O)CC. The lowest BCUT2D eigenvalue weighted by molar-refractivity contribution is -0.0385. The molecule has 0 spiro atoms. The Bertz CT molecular complexity index is 346. The summed E-state index contributed by atoms with van der Waals surface area (Å²) in [5.41, 5.74) is -0.223. The molecule has 0 aromatic heterocycles. The van der Waals surface area contributed by atoms with Gasteiger partial charge in [0, 0.05) is 11.3 Å². The van der Waals surface area contributed by atoms with Crippen LogP contribution < -0.4 is 0 Å². The van der Waals surface area contributed by atoms with E-state index in [1.54, 1.807) is 6.92 Å². The van der Waals surface area contributed by atoms with Crippen molar-refractivity contribution in [3.8, 4) is 0 Å². The van der Waals surface area contributed by atoms with E-state index >= 15 is 0 Å². The molecule has 4 nitrogen and oxygen atoms in total. The third-order valence-electron chi connectivity index (χ3n) is 4.61. The van der Waals surface area contributed by atoms with Crippen molar-refractivity contribution in [2.45, 2.75) is 71.9 Å². The molecule has 0 aromatic carbocycles. The minimum atomic E-state index is -2.93. The summed E-state index contributed by atoms with van der Waals surface area (Å²) in [5, 5.41) is 10.6. The fourth-order valence-corrected chi connectivity index (χ4v) is 4.04. The van der Waals surface area contributed by atoms with E-state index in [0.29, 0.717) is 12.8 Å². The molecule has 0 aliphatic rings. The zero-order valence-corrected chi connectivity index (χ0v) is 14.7. The van der Waals surface area contributed by atoms with Gasteiger partial charge in [0.15, 0.2) is 0 Å². The maximum atomic E-state index is 11.5. The van der Waals surface area contributed by atoms with Gasteiger partial charge < -0.3 is 5.11 Å². The number of aliphatic hydroxyl groups excluding tert-OH is 1. The summed E-state index contributed by atoms with van der Waals surface area (Å²) in [4.78, 5) is 2.31. The molecule has 0 amide bonds. The largest absolute Gasteiger partial charge is 0.391 e. The minimum Gasteiger partial charge on any atom is -0.391 e. The van der Waals surface area contributed by atoms with Gasteiger partial charge in [0.25, 0.3) is 0 Å². The number of hydrogen-bond acceptors (Lipinski definition) is 4. The number of rotatable bonds is 11. The first-order valence-corrected chi connectivity index (χ1v) is 9.79. The van der Waals surface area contributed by atoms with Crippen LogP contribution in [-0.2, 0) is 9.84 Å². The van der Waals surface area contributed by atoms with Crippen molar-refractivity contribution in [3.63, 3.8) is 0 Å². The first-order chi connectivity index (χ1) is 9.33. The fourth-order valence-electron chi connectivity index (χ4n) is 3.14.